The van der Waals surface area contributed by atoms with E-state index in [1.54, 1.807) is 0 Å². The van der Waals surface area contributed by atoms with E-state index in [2.05, 4.69) is 22.9 Å². The Balaban J connectivity index is 2.30. The topological polar surface area (TPSA) is 20.3 Å². The molecule has 1 heterocycles. The van der Waals surface area contributed by atoms with Crippen molar-refractivity contribution in [3.63, 3.8) is 0 Å². The SMILES string of the molecule is CCCCN1CCC(Br)C1=O. The van der Waals surface area contributed by atoms with E-state index in [1.165, 1.54) is 0 Å². The molecule has 0 saturated carbocycles. The quantitative estimate of drug-likeness (QED) is 0.664. The minimum Gasteiger partial charge on any atom is -0.342 e. The summed E-state index contributed by atoms with van der Waals surface area (Å²) in [5.41, 5.74) is 0. The van der Waals surface area contributed by atoms with Crippen molar-refractivity contribution in [2.45, 2.75) is 31.0 Å². The molecule has 0 N–H and O–H groups in total. The summed E-state index contributed by atoms with van der Waals surface area (Å²) in [5.74, 6) is 0.276. The number of nitrogens with zero attached hydrogens (tertiary/aromatic N) is 1. The molecule has 0 spiro atoms. The van der Waals surface area contributed by atoms with Crippen LogP contribution in [0.3, 0.4) is 0 Å². The normalized spacial score (nSPS) is 24.7. The molecule has 0 aromatic heterocycles. The molecule has 0 radical (unpaired) electrons. The molecule has 1 aliphatic rings. The maximum atomic E-state index is 11.3. The predicted molar refractivity (Wildman–Crippen MR) is 48.8 cm³/mol. The van der Waals surface area contributed by atoms with Gasteiger partial charge >= 0.3 is 0 Å². The van der Waals surface area contributed by atoms with Crippen molar-refractivity contribution >= 4 is 21.8 Å². The minimum absolute atomic E-state index is 0.0966. The second kappa shape index (κ2) is 4.10. The third-order valence-electron chi connectivity index (χ3n) is 2.01. The Morgan fingerprint density at radius 1 is 1.73 bits per heavy atom. The molecule has 11 heavy (non-hydrogen) atoms. The Morgan fingerprint density at radius 2 is 2.45 bits per heavy atom. The average Bonchev–Trinajstić information content (AvgIpc) is 2.31. The number of halogens is 1. The van der Waals surface area contributed by atoms with Gasteiger partial charge in [-0.05, 0) is 12.8 Å². The molecule has 0 bridgehead atoms. The molecule has 1 rings (SSSR count). The van der Waals surface area contributed by atoms with Crippen LogP contribution in [0.1, 0.15) is 26.2 Å². The van der Waals surface area contributed by atoms with Gasteiger partial charge in [0.25, 0.3) is 0 Å². The Hall–Kier alpha value is -0.0500. The smallest absolute Gasteiger partial charge is 0.236 e. The molecule has 1 unspecified atom stereocenters. The summed E-state index contributed by atoms with van der Waals surface area (Å²) in [6.45, 7) is 4.03. The summed E-state index contributed by atoms with van der Waals surface area (Å²) in [4.78, 5) is 13.3. The number of rotatable bonds is 3. The molecule has 1 atom stereocenters. The van der Waals surface area contributed by atoms with Crippen molar-refractivity contribution in [1.82, 2.24) is 4.90 Å². The molecule has 64 valence electrons. The maximum Gasteiger partial charge on any atom is 0.236 e. The first-order valence-corrected chi connectivity index (χ1v) is 5.10. The lowest BCUT2D eigenvalue weighted by atomic mass is 10.3. The molecule has 1 aliphatic heterocycles. The van der Waals surface area contributed by atoms with Gasteiger partial charge in [-0.3, -0.25) is 4.79 Å². The van der Waals surface area contributed by atoms with Gasteiger partial charge in [-0.1, -0.05) is 29.3 Å². The Morgan fingerprint density at radius 3 is 2.91 bits per heavy atom. The highest BCUT2D eigenvalue weighted by Crippen LogP contribution is 2.18. The van der Waals surface area contributed by atoms with Crippen LogP contribution in [0.15, 0.2) is 0 Å². The van der Waals surface area contributed by atoms with E-state index >= 15 is 0 Å². The standard InChI is InChI=1S/C8H14BrNO/c1-2-3-5-10-6-4-7(9)8(10)11/h7H,2-6H2,1H3. The van der Waals surface area contributed by atoms with Gasteiger partial charge in [0.15, 0.2) is 0 Å². The summed E-state index contributed by atoms with van der Waals surface area (Å²) < 4.78 is 0. The summed E-state index contributed by atoms with van der Waals surface area (Å²) in [5, 5.41) is 0. The number of hydrogen-bond donors (Lipinski definition) is 0. The fraction of sp³-hybridized carbons (Fsp3) is 0.875. The average molecular weight is 220 g/mol. The minimum atomic E-state index is 0.0966. The Kier molecular flexibility index (Phi) is 3.37. The van der Waals surface area contributed by atoms with Gasteiger partial charge < -0.3 is 4.90 Å². The van der Waals surface area contributed by atoms with Gasteiger partial charge in [-0.2, -0.15) is 0 Å². The van der Waals surface area contributed by atoms with Crippen LogP contribution in [0.2, 0.25) is 0 Å². The highest BCUT2D eigenvalue weighted by atomic mass is 79.9. The second-order valence-electron chi connectivity index (χ2n) is 2.94. The van der Waals surface area contributed by atoms with Crippen molar-refractivity contribution in [2.24, 2.45) is 0 Å². The molecule has 1 saturated heterocycles. The van der Waals surface area contributed by atoms with Crippen LogP contribution in [-0.4, -0.2) is 28.7 Å². The zero-order valence-electron chi connectivity index (χ0n) is 6.85. The Bertz CT molecular complexity index is 149. The van der Waals surface area contributed by atoms with Crippen LogP contribution < -0.4 is 0 Å². The van der Waals surface area contributed by atoms with Crippen LogP contribution in [-0.2, 0) is 4.79 Å². The highest BCUT2D eigenvalue weighted by Gasteiger charge is 2.28. The van der Waals surface area contributed by atoms with Crippen molar-refractivity contribution in [2.75, 3.05) is 13.1 Å². The van der Waals surface area contributed by atoms with Gasteiger partial charge in [0.1, 0.15) is 0 Å². The van der Waals surface area contributed by atoms with Crippen molar-refractivity contribution < 1.29 is 4.79 Å². The molecule has 0 aromatic carbocycles. The van der Waals surface area contributed by atoms with E-state index in [0.717, 1.165) is 32.4 Å². The first kappa shape index (κ1) is 9.04. The van der Waals surface area contributed by atoms with Crippen LogP contribution in [0.4, 0.5) is 0 Å². The van der Waals surface area contributed by atoms with E-state index in [4.69, 9.17) is 0 Å². The number of carbonyl (C=O) groups is 1. The largest absolute Gasteiger partial charge is 0.342 e. The molecule has 3 heteroatoms. The third kappa shape index (κ3) is 2.19. The van der Waals surface area contributed by atoms with E-state index in [0.29, 0.717) is 0 Å². The summed E-state index contributed by atoms with van der Waals surface area (Å²) in [7, 11) is 0. The summed E-state index contributed by atoms with van der Waals surface area (Å²) in [6.07, 6.45) is 3.27. The van der Waals surface area contributed by atoms with Crippen molar-refractivity contribution in [3.8, 4) is 0 Å². The number of unbranched alkanes of at least 4 members (excludes halogenated alkanes) is 1. The predicted octanol–water partition coefficient (Wildman–Crippen LogP) is 1.78. The highest BCUT2D eigenvalue weighted by molar-refractivity contribution is 9.10. The van der Waals surface area contributed by atoms with Crippen molar-refractivity contribution in [3.05, 3.63) is 0 Å². The van der Waals surface area contributed by atoms with E-state index in [1.807, 2.05) is 4.90 Å². The Labute approximate surface area is 76.1 Å². The fourth-order valence-electron chi connectivity index (χ4n) is 1.27. The van der Waals surface area contributed by atoms with Gasteiger partial charge in [0.2, 0.25) is 5.91 Å². The zero-order valence-corrected chi connectivity index (χ0v) is 8.43. The van der Waals surface area contributed by atoms with Crippen LogP contribution in [0.25, 0.3) is 0 Å². The monoisotopic (exact) mass is 219 g/mol. The van der Waals surface area contributed by atoms with E-state index < -0.39 is 0 Å². The van der Waals surface area contributed by atoms with E-state index in [9.17, 15) is 4.79 Å². The van der Waals surface area contributed by atoms with Gasteiger partial charge in [-0.25, -0.2) is 0 Å². The summed E-state index contributed by atoms with van der Waals surface area (Å²) in [6, 6.07) is 0. The third-order valence-corrected chi connectivity index (χ3v) is 2.86. The molecule has 1 amide bonds. The zero-order chi connectivity index (χ0) is 8.27. The summed E-state index contributed by atoms with van der Waals surface area (Å²) >= 11 is 3.34. The number of carbonyl (C=O) groups excluding carboxylic acids is 1. The lowest BCUT2D eigenvalue weighted by Gasteiger charge is -2.14. The number of alkyl halides is 1. The van der Waals surface area contributed by atoms with E-state index in [-0.39, 0.29) is 10.7 Å². The first-order valence-electron chi connectivity index (χ1n) is 4.18. The van der Waals surface area contributed by atoms with Crippen LogP contribution in [0, 0.1) is 0 Å². The second-order valence-corrected chi connectivity index (χ2v) is 4.04. The fourth-order valence-corrected chi connectivity index (χ4v) is 1.77. The molecule has 1 fully saturated rings. The number of likely N-dealkylation sites (tertiary alicyclic amines) is 1. The molecule has 2 nitrogen and oxygen atoms in total. The van der Waals surface area contributed by atoms with Gasteiger partial charge in [0.05, 0.1) is 4.83 Å². The maximum absolute atomic E-state index is 11.3. The van der Waals surface area contributed by atoms with Crippen LogP contribution >= 0.6 is 15.9 Å². The van der Waals surface area contributed by atoms with Gasteiger partial charge in [0, 0.05) is 13.1 Å². The molecule has 0 aromatic rings. The number of hydrogen-bond acceptors (Lipinski definition) is 1. The lowest BCUT2D eigenvalue weighted by molar-refractivity contribution is -0.127. The van der Waals surface area contributed by atoms with Crippen LogP contribution in [0.5, 0.6) is 0 Å². The molecule has 0 aliphatic carbocycles. The lowest BCUT2D eigenvalue weighted by Crippen LogP contribution is -2.28. The number of amides is 1. The molecular formula is C8H14BrNO. The first-order chi connectivity index (χ1) is 5.25. The van der Waals surface area contributed by atoms with Gasteiger partial charge in [-0.15, -0.1) is 0 Å². The molecular weight excluding hydrogens is 206 g/mol. The van der Waals surface area contributed by atoms with Crippen molar-refractivity contribution in [1.29, 1.82) is 0 Å².